The molecule has 0 radical (unpaired) electrons. The Balaban J connectivity index is 2.02. The van der Waals surface area contributed by atoms with E-state index in [0.29, 0.717) is 19.5 Å². The van der Waals surface area contributed by atoms with Gasteiger partial charge in [-0.2, -0.15) is 0 Å². The van der Waals surface area contributed by atoms with Crippen LogP contribution in [0, 0.1) is 5.82 Å². The van der Waals surface area contributed by atoms with Crippen molar-refractivity contribution in [2.75, 3.05) is 13.2 Å². The first kappa shape index (κ1) is 12.8. The molecule has 1 N–H and O–H groups in total. The van der Waals surface area contributed by atoms with E-state index in [1.165, 1.54) is 12.1 Å². The average molecular weight is 253 g/mol. The number of hydrogen-bond donors (Lipinski definition) is 1. The predicted molar refractivity (Wildman–Crippen MR) is 63.4 cm³/mol. The van der Waals surface area contributed by atoms with Crippen LogP contribution in [0.4, 0.5) is 9.18 Å². The molecule has 4 nitrogen and oxygen atoms in total. The maximum Gasteiger partial charge on any atom is 0.410 e. The first-order valence-electron chi connectivity index (χ1n) is 5.86. The highest BCUT2D eigenvalue weighted by Crippen LogP contribution is 2.26. The van der Waals surface area contributed by atoms with Crippen LogP contribution in [-0.2, 0) is 11.3 Å². The largest absolute Gasteiger partial charge is 0.441 e. The lowest BCUT2D eigenvalue weighted by atomic mass is 10.0. The predicted octanol–water partition coefficient (Wildman–Crippen LogP) is 1.92. The monoisotopic (exact) mass is 253 g/mol. The number of rotatable bonds is 4. The summed E-state index contributed by atoms with van der Waals surface area (Å²) in [6.07, 6.45) is 0.0221. The Hall–Kier alpha value is -1.62. The van der Waals surface area contributed by atoms with Crippen molar-refractivity contribution in [2.24, 2.45) is 0 Å². The van der Waals surface area contributed by atoms with Crippen molar-refractivity contribution in [3.05, 3.63) is 35.6 Å². The normalized spacial score (nSPS) is 23.3. The molecule has 1 saturated heterocycles. The van der Waals surface area contributed by atoms with Gasteiger partial charge >= 0.3 is 6.09 Å². The maximum atomic E-state index is 12.8. The number of benzene rings is 1. The molecule has 1 fully saturated rings. The third kappa shape index (κ3) is 2.79. The van der Waals surface area contributed by atoms with Crippen LogP contribution >= 0.6 is 0 Å². The molecule has 1 atom stereocenters. The van der Waals surface area contributed by atoms with Crippen LogP contribution in [0.5, 0.6) is 0 Å². The number of halogens is 1. The summed E-state index contributed by atoms with van der Waals surface area (Å²) >= 11 is 0. The summed E-state index contributed by atoms with van der Waals surface area (Å²) in [6, 6.07) is 6.02. The van der Waals surface area contributed by atoms with Gasteiger partial charge in [0.1, 0.15) is 11.4 Å². The molecule has 0 saturated carbocycles. The van der Waals surface area contributed by atoms with Gasteiger partial charge in [-0.05, 0) is 24.6 Å². The molecule has 1 aromatic carbocycles. The van der Waals surface area contributed by atoms with E-state index in [-0.39, 0.29) is 12.4 Å². The van der Waals surface area contributed by atoms with Crippen molar-refractivity contribution >= 4 is 6.09 Å². The fraction of sp³-hybridized carbons (Fsp3) is 0.462. The van der Waals surface area contributed by atoms with E-state index >= 15 is 0 Å². The number of ether oxygens (including phenoxy) is 1. The van der Waals surface area contributed by atoms with Crippen molar-refractivity contribution in [1.29, 1.82) is 0 Å². The summed E-state index contributed by atoms with van der Waals surface area (Å²) in [5.41, 5.74) is 0.216. The van der Waals surface area contributed by atoms with Crippen molar-refractivity contribution in [3.8, 4) is 0 Å². The first-order chi connectivity index (χ1) is 8.52. The van der Waals surface area contributed by atoms with Gasteiger partial charge in [-0.15, -0.1) is 0 Å². The topological polar surface area (TPSA) is 49.8 Å². The zero-order chi connectivity index (χ0) is 13.2. The Kier molecular flexibility index (Phi) is 3.52. The van der Waals surface area contributed by atoms with Gasteiger partial charge in [-0.1, -0.05) is 12.1 Å². The van der Waals surface area contributed by atoms with Crippen LogP contribution in [0.2, 0.25) is 0 Å². The van der Waals surface area contributed by atoms with Gasteiger partial charge in [-0.3, -0.25) is 4.90 Å². The number of carbonyl (C=O) groups excluding carboxylic acids is 1. The standard InChI is InChI=1S/C13H16FNO3/c1-13(6-7-16)9-15(12(17)18-13)8-10-2-4-11(14)5-3-10/h2-5,16H,6-9H2,1H3. The quantitative estimate of drug-likeness (QED) is 0.891. The van der Waals surface area contributed by atoms with Crippen molar-refractivity contribution in [3.63, 3.8) is 0 Å². The highest BCUT2D eigenvalue weighted by molar-refractivity contribution is 5.70. The van der Waals surface area contributed by atoms with E-state index in [2.05, 4.69) is 0 Å². The molecule has 1 aliphatic rings. The van der Waals surface area contributed by atoms with Crippen LogP contribution < -0.4 is 0 Å². The molecule has 1 heterocycles. The molecular formula is C13H16FNO3. The van der Waals surface area contributed by atoms with Gasteiger partial charge in [-0.25, -0.2) is 9.18 Å². The maximum absolute atomic E-state index is 12.8. The summed E-state index contributed by atoms with van der Waals surface area (Å²) in [4.78, 5) is 13.2. The molecule has 1 aliphatic heterocycles. The Labute approximate surface area is 105 Å². The van der Waals surface area contributed by atoms with Gasteiger partial charge < -0.3 is 9.84 Å². The second-order valence-electron chi connectivity index (χ2n) is 4.77. The average Bonchev–Trinajstić information content (AvgIpc) is 2.57. The highest BCUT2D eigenvalue weighted by atomic mass is 19.1. The van der Waals surface area contributed by atoms with Crippen LogP contribution in [0.1, 0.15) is 18.9 Å². The van der Waals surface area contributed by atoms with Gasteiger partial charge in [0, 0.05) is 19.6 Å². The smallest absolute Gasteiger partial charge is 0.410 e. The fourth-order valence-corrected chi connectivity index (χ4v) is 2.07. The zero-order valence-electron chi connectivity index (χ0n) is 10.2. The molecular weight excluding hydrogens is 237 g/mol. The van der Waals surface area contributed by atoms with E-state index < -0.39 is 11.7 Å². The first-order valence-corrected chi connectivity index (χ1v) is 5.86. The summed E-state index contributed by atoms with van der Waals surface area (Å²) in [6.45, 7) is 2.60. The summed E-state index contributed by atoms with van der Waals surface area (Å²) in [5.74, 6) is -0.298. The van der Waals surface area contributed by atoms with Crippen LogP contribution in [-0.4, -0.2) is 34.9 Å². The van der Waals surface area contributed by atoms with E-state index in [0.717, 1.165) is 5.56 Å². The van der Waals surface area contributed by atoms with E-state index in [1.807, 2.05) is 0 Å². The number of nitrogens with zero attached hydrogens (tertiary/aromatic N) is 1. The number of amides is 1. The highest BCUT2D eigenvalue weighted by Gasteiger charge is 2.40. The Morgan fingerprint density at radius 2 is 2.11 bits per heavy atom. The SMILES string of the molecule is CC1(CCO)CN(Cc2ccc(F)cc2)C(=O)O1. The minimum Gasteiger partial charge on any atom is -0.441 e. The lowest BCUT2D eigenvalue weighted by Crippen LogP contribution is -2.32. The van der Waals surface area contributed by atoms with Crippen molar-refractivity contribution in [1.82, 2.24) is 4.90 Å². The molecule has 18 heavy (non-hydrogen) atoms. The molecule has 0 bridgehead atoms. The molecule has 0 spiro atoms. The van der Waals surface area contributed by atoms with Crippen LogP contribution in [0.15, 0.2) is 24.3 Å². The van der Waals surface area contributed by atoms with Gasteiger partial charge in [0.25, 0.3) is 0 Å². The lowest BCUT2D eigenvalue weighted by molar-refractivity contribution is 0.0501. The number of aliphatic hydroxyl groups is 1. The minimum absolute atomic E-state index is 0.0197. The molecule has 0 aliphatic carbocycles. The second kappa shape index (κ2) is 4.94. The van der Waals surface area contributed by atoms with Crippen molar-refractivity contribution in [2.45, 2.75) is 25.5 Å². The van der Waals surface area contributed by atoms with E-state index in [9.17, 15) is 9.18 Å². The Morgan fingerprint density at radius 3 is 2.72 bits per heavy atom. The lowest BCUT2D eigenvalue weighted by Gasteiger charge is -2.20. The molecule has 98 valence electrons. The van der Waals surface area contributed by atoms with Crippen molar-refractivity contribution < 1.29 is 19.0 Å². The molecule has 0 aromatic heterocycles. The third-order valence-electron chi connectivity index (χ3n) is 3.04. The Morgan fingerprint density at radius 1 is 1.44 bits per heavy atom. The number of carbonyl (C=O) groups is 1. The third-order valence-corrected chi connectivity index (χ3v) is 3.04. The molecule has 5 heteroatoms. The number of aliphatic hydroxyl groups excluding tert-OH is 1. The summed E-state index contributed by atoms with van der Waals surface area (Å²) in [7, 11) is 0. The van der Waals surface area contributed by atoms with Gasteiger partial charge in [0.2, 0.25) is 0 Å². The molecule has 1 amide bonds. The minimum atomic E-state index is -0.633. The summed E-state index contributed by atoms with van der Waals surface area (Å²) < 4.78 is 18.0. The number of cyclic esters (lactones) is 1. The second-order valence-corrected chi connectivity index (χ2v) is 4.77. The molecule has 1 aromatic rings. The zero-order valence-corrected chi connectivity index (χ0v) is 10.2. The van der Waals surface area contributed by atoms with E-state index in [4.69, 9.17) is 9.84 Å². The van der Waals surface area contributed by atoms with E-state index in [1.54, 1.807) is 24.0 Å². The summed E-state index contributed by atoms with van der Waals surface area (Å²) in [5, 5.41) is 8.93. The number of hydrogen-bond acceptors (Lipinski definition) is 3. The van der Waals surface area contributed by atoms with Crippen LogP contribution in [0.3, 0.4) is 0 Å². The molecule has 2 rings (SSSR count). The van der Waals surface area contributed by atoms with Crippen LogP contribution in [0.25, 0.3) is 0 Å². The molecule has 1 unspecified atom stereocenters. The Bertz CT molecular complexity index is 434. The van der Waals surface area contributed by atoms with Gasteiger partial charge in [0.05, 0.1) is 6.54 Å². The fourth-order valence-electron chi connectivity index (χ4n) is 2.07. The van der Waals surface area contributed by atoms with Gasteiger partial charge in [0.15, 0.2) is 0 Å².